The molecule has 0 saturated heterocycles. The largest absolute Gasteiger partial charge is 0.490 e. The smallest absolute Gasteiger partial charge is 0.241 e. The van der Waals surface area contributed by atoms with Gasteiger partial charge in [-0.25, -0.2) is 13.1 Å². The summed E-state index contributed by atoms with van der Waals surface area (Å²) < 4.78 is 38.7. The fourth-order valence-corrected chi connectivity index (χ4v) is 5.41. The maximum absolute atomic E-state index is 12.6. The number of amides is 1. The van der Waals surface area contributed by atoms with Crippen molar-refractivity contribution in [3.63, 3.8) is 0 Å². The summed E-state index contributed by atoms with van der Waals surface area (Å²) in [5.41, 5.74) is 1.07. The molecule has 1 atom stereocenters. The van der Waals surface area contributed by atoms with Crippen molar-refractivity contribution in [3.05, 3.63) is 48.0 Å². The maximum Gasteiger partial charge on any atom is 0.241 e. The molecule has 29 heavy (non-hydrogen) atoms. The Hall–Kier alpha value is -2.23. The number of carbonyl (C=O) groups is 1. The molecule has 0 aromatic heterocycles. The van der Waals surface area contributed by atoms with Gasteiger partial charge < -0.3 is 14.8 Å². The van der Waals surface area contributed by atoms with E-state index in [-0.39, 0.29) is 23.4 Å². The normalized spacial score (nSPS) is 18.4. The highest BCUT2D eigenvalue weighted by Crippen LogP contribution is 2.35. The molecule has 2 aliphatic rings. The molecule has 1 amide bonds. The molecule has 0 fully saturated rings. The van der Waals surface area contributed by atoms with Crippen molar-refractivity contribution in [2.45, 2.75) is 28.7 Å². The van der Waals surface area contributed by atoms with E-state index in [0.717, 1.165) is 29.1 Å². The molecule has 2 aromatic carbocycles. The SMILES string of the molecule is O=C(CNS(=O)(=O)c1ccc2c(c1)OCCCO2)N[C@@H]1CCSc2ccccc21. The van der Waals surface area contributed by atoms with Gasteiger partial charge in [-0.05, 0) is 30.2 Å². The van der Waals surface area contributed by atoms with Crippen LogP contribution in [0.5, 0.6) is 11.5 Å². The number of hydrogen-bond donors (Lipinski definition) is 2. The van der Waals surface area contributed by atoms with E-state index in [1.165, 1.54) is 12.1 Å². The van der Waals surface area contributed by atoms with Crippen molar-refractivity contribution in [2.24, 2.45) is 0 Å². The standard InChI is InChI=1S/C20H22N2O5S2/c23-20(22-16-8-11-28-19-5-2-1-4-15(16)19)13-21-29(24,25)14-6-7-17-18(12-14)27-10-3-9-26-17/h1-2,4-7,12,16,21H,3,8-11,13H2,(H,22,23)/t16-/m1/s1. The zero-order chi connectivity index (χ0) is 20.3. The summed E-state index contributed by atoms with van der Waals surface area (Å²) >= 11 is 1.76. The predicted octanol–water partition coefficient (Wildman–Crippen LogP) is 2.48. The number of sulfonamides is 1. The average Bonchev–Trinajstić information content (AvgIpc) is 2.97. The van der Waals surface area contributed by atoms with Crippen LogP contribution in [0.1, 0.15) is 24.4 Å². The number of ether oxygens (including phenoxy) is 2. The Morgan fingerprint density at radius 2 is 1.90 bits per heavy atom. The number of nitrogens with one attached hydrogen (secondary N) is 2. The molecule has 154 valence electrons. The van der Waals surface area contributed by atoms with Gasteiger partial charge in [0.15, 0.2) is 11.5 Å². The number of rotatable bonds is 5. The topological polar surface area (TPSA) is 93.7 Å². The fourth-order valence-electron chi connectivity index (χ4n) is 3.29. The monoisotopic (exact) mass is 434 g/mol. The van der Waals surface area contributed by atoms with Gasteiger partial charge in [0.05, 0.1) is 30.7 Å². The van der Waals surface area contributed by atoms with E-state index in [1.807, 2.05) is 24.3 Å². The van der Waals surface area contributed by atoms with Gasteiger partial charge in [-0.1, -0.05) is 18.2 Å². The first-order valence-electron chi connectivity index (χ1n) is 9.43. The number of fused-ring (bicyclic) bond motifs is 2. The minimum Gasteiger partial charge on any atom is -0.490 e. The minimum atomic E-state index is -3.85. The highest BCUT2D eigenvalue weighted by Gasteiger charge is 2.23. The number of thioether (sulfide) groups is 1. The van der Waals surface area contributed by atoms with Crippen LogP contribution < -0.4 is 19.5 Å². The number of hydrogen-bond acceptors (Lipinski definition) is 6. The Labute approximate surface area is 174 Å². The van der Waals surface area contributed by atoms with Crippen LogP contribution in [0.15, 0.2) is 52.3 Å². The van der Waals surface area contributed by atoms with Crippen molar-refractivity contribution in [1.82, 2.24) is 10.0 Å². The third-order valence-corrected chi connectivity index (χ3v) is 7.27. The fraction of sp³-hybridized carbons (Fsp3) is 0.350. The van der Waals surface area contributed by atoms with Gasteiger partial charge in [-0.3, -0.25) is 4.79 Å². The van der Waals surface area contributed by atoms with Crippen LogP contribution in [0.3, 0.4) is 0 Å². The van der Waals surface area contributed by atoms with Crippen molar-refractivity contribution >= 4 is 27.7 Å². The summed E-state index contributed by atoms with van der Waals surface area (Å²) in [7, 11) is -3.85. The molecule has 2 heterocycles. The lowest BCUT2D eigenvalue weighted by atomic mass is 10.0. The number of benzene rings is 2. The summed E-state index contributed by atoms with van der Waals surface area (Å²) in [4.78, 5) is 13.6. The van der Waals surface area contributed by atoms with Crippen molar-refractivity contribution in [1.29, 1.82) is 0 Å². The van der Waals surface area contributed by atoms with Crippen LogP contribution in [-0.2, 0) is 14.8 Å². The Kier molecular flexibility index (Phi) is 5.98. The highest BCUT2D eigenvalue weighted by atomic mass is 32.2. The lowest BCUT2D eigenvalue weighted by Gasteiger charge is -2.25. The van der Waals surface area contributed by atoms with E-state index >= 15 is 0 Å². The first-order chi connectivity index (χ1) is 14.0. The quantitative estimate of drug-likeness (QED) is 0.751. The summed E-state index contributed by atoms with van der Waals surface area (Å²) in [5, 5.41) is 2.93. The minimum absolute atomic E-state index is 0.0361. The Morgan fingerprint density at radius 1 is 1.10 bits per heavy atom. The molecule has 0 aliphatic carbocycles. The molecule has 0 saturated carbocycles. The van der Waals surface area contributed by atoms with Gasteiger partial charge >= 0.3 is 0 Å². The molecule has 0 spiro atoms. The van der Waals surface area contributed by atoms with E-state index in [2.05, 4.69) is 10.0 Å². The summed E-state index contributed by atoms with van der Waals surface area (Å²) in [6.45, 7) is 0.663. The zero-order valence-corrected chi connectivity index (χ0v) is 17.4. The molecule has 7 nitrogen and oxygen atoms in total. The molecule has 2 aliphatic heterocycles. The summed E-state index contributed by atoms with van der Waals surface area (Å²) in [6, 6.07) is 12.3. The van der Waals surface area contributed by atoms with Crippen LogP contribution in [0, 0.1) is 0 Å². The average molecular weight is 435 g/mol. The van der Waals surface area contributed by atoms with E-state index in [0.29, 0.717) is 24.7 Å². The van der Waals surface area contributed by atoms with Gasteiger partial charge in [0, 0.05) is 23.1 Å². The van der Waals surface area contributed by atoms with Crippen LogP contribution in [0.4, 0.5) is 0 Å². The molecule has 2 N–H and O–H groups in total. The second-order valence-electron chi connectivity index (χ2n) is 6.78. The maximum atomic E-state index is 12.6. The van der Waals surface area contributed by atoms with Crippen molar-refractivity contribution in [2.75, 3.05) is 25.5 Å². The Balaban J connectivity index is 1.40. The highest BCUT2D eigenvalue weighted by molar-refractivity contribution is 7.99. The second-order valence-corrected chi connectivity index (χ2v) is 9.68. The molecule has 0 bridgehead atoms. The van der Waals surface area contributed by atoms with E-state index in [1.54, 1.807) is 17.8 Å². The molecule has 4 rings (SSSR count). The first kappa shape index (κ1) is 20.1. The first-order valence-corrected chi connectivity index (χ1v) is 11.9. The lowest BCUT2D eigenvalue weighted by Crippen LogP contribution is -2.39. The van der Waals surface area contributed by atoms with Crippen LogP contribution in [-0.4, -0.2) is 39.8 Å². The molecular formula is C20H22N2O5S2. The summed E-state index contributed by atoms with van der Waals surface area (Å²) in [6.07, 6.45) is 1.54. The van der Waals surface area contributed by atoms with Gasteiger partial charge in [0.2, 0.25) is 15.9 Å². The van der Waals surface area contributed by atoms with E-state index in [9.17, 15) is 13.2 Å². The molecule has 0 radical (unpaired) electrons. The molecular weight excluding hydrogens is 412 g/mol. The predicted molar refractivity (Wildman–Crippen MR) is 110 cm³/mol. The third-order valence-electron chi connectivity index (χ3n) is 4.75. The van der Waals surface area contributed by atoms with Gasteiger partial charge in [0.25, 0.3) is 0 Å². The molecule has 9 heteroatoms. The third kappa shape index (κ3) is 4.68. The van der Waals surface area contributed by atoms with Crippen LogP contribution in [0.25, 0.3) is 0 Å². The van der Waals surface area contributed by atoms with Gasteiger partial charge in [-0.2, -0.15) is 0 Å². The van der Waals surface area contributed by atoms with Crippen molar-refractivity contribution in [3.8, 4) is 11.5 Å². The Bertz CT molecular complexity index is 1010. The summed E-state index contributed by atoms with van der Waals surface area (Å²) in [5.74, 6) is 1.46. The van der Waals surface area contributed by atoms with Gasteiger partial charge in [0.1, 0.15) is 0 Å². The van der Waals surface area contributed by atoms with Crippen molar-refractivity contribution < 1.29 is 22.7 Å². The zero-order valence-electron chi connectivity index (χ0n) is 15.7. The molecule has 0 unspecified atom stereocenters. The van der Waals surface area contributed by atoms with Crippen LogP contribution in [0.2, 0.25) is 0 Å². The lowest BCUT2D eigenvalue weighted by molar-refractivity contribution is -0.120. The molecule has 2 aromatic rings. The van der Waals surface area contributed by atoms with E-state index < -0.39 is 10.0 Å². The van der Waals surface area contributed by atoms with Gasteiger partial charge in [-0.15, -0.1) is 11.8 Å². The Morgan fingerprint density at radius 3 is 2.76 bits per heavy atom. The van der Waals surface area contributed by atoms with Crippen LogP contribution >= 0.6 is 11.8 Å². The second kappa shape index (κ2) is 8.64. The number of carbonyl (C=O) groups excluding carboxylic acids is 1. The van der Waals surface area contributed by atoms with E-state index in [4.69, 9.17) is 9.47 Å².